The second kappa shape index (κ2) is 6.49. The van der Waals surface area contributed by atoms with E-state index in [0.29, 0.717) is 5.50 Å². The highest BCUT2D eigenvalue weighted by molar-refractivity contribution is 8.83. The molecular formula is C9H19BrN4S2. The maximum absolute atomic E-state index is 3.55. The first-order chi connectivity index (χ1) is 7.16. The number of piperazine rings is 1. The van der Waals surface area contributed by atoms with Crippen LogP contribution in [0.4, 0.5) is 0 Å². The van der Waals surface area contributed by atoms with Crippen molar-refractivity contribution in [2.24, 2.45) is 0 Å². The van der Waals surface area contributed by atoms with Crippen LogP contribution in [0.2, 0.25) is 0 Å². The number of hydrogen-bond donors (Lipinski definition) is 1. The van der Waals surface area contributed by atoms with Crippen molar-refractivity contribution >= 4 is 26.8 Å². The molecule has 1 N–H and O–H groups in total. The molecule has 0 aliphatic carbocycles. The Hall–Kier alpha value is 0.570. The zero-order chi connectivity index (χ0) is 10.8. The summed E-state index contributed by atoms with van der Waals surface area (Å²) in [5.74, 6) is 0. The molecule has 7 heteroatoms. The van der Waals surface area contributed by atoms with Gasteiger partial charge >= 0.3 is 5.17 Å². The minimum atomic E-state index is 0. The molecule has 0 amide bonds. The molecule has 2 heterocycles. The van der Waals surface area contributed by atoms with Crippen molar-refractivity contribution in [1.29, 1.82) is 0 Å². The number of halogens is 1. The quantitative estimate of drug-likeness (QED) is 0.412. The van der Waals surface area contributed by atoms with E-state index < -0.39 is 0 Å². The van der Waals surface area contributed by atoms with Crippen molar-refractivity contribution in [2.45, 2.75) is 5.50 Å². The van der Waals surface area contributed by atoms with Gasteiger partial charge < -0.3 is 17.0 Å². The van der Waals surface area contributed by atoms with Crippen LogP contribution in [0.5, 0.6) is 0 Å². The molecule has 0 radical (unpaired) electrons. The average Bonchev–Trinajstić information content (AvgIpc) is 2.68. The van der Waals surface area contributed by atoms with Gasteiger partial charge in [0.1, 0.15) is 0 Å². The van der Waals surface area contributed by atoms with Crippen molar-refractivity contribution in [3.8, 4) is 0 Å². The molecule has 0 aromatic heterocycles. The molecule has 16 heavy (non-hydrogen) atoms. The highest BCUT2D eigenvalue weighted by Gasteiger charge is 2.32. The zero-order valence-electron chi connectivity index (χ0n) is 9.94. The summed E-state index contributed by atoms with van der Waals surface area (Å²) in [6.07, 6.45) is 0. The number of amidine groups is 1. The predicted molar refractivity (Wildman–Crippen MR) is 68.3 cm³/mol. The minimum Gasteiger partial charge on any atom is -1.00 e. The first-order valence-corrected chi connectivity index (χ1v) is 7.45. The minimum absolute atomic E-state index is 0. The lowest BCUT2D eigenvalue weighted by molar-refractivity contribution is -0.538. The van der Waals surface area contributed by atoms with Gasteiger partial charge in [-0.1, -0.05) is 0 Å². The molecule has 2 aliphatic rings. The largest absolute Gasteiger partial charge is 1.00 e. The van der Waals surface area contributed by atoms with Gasteiger partial charge in [-0.15, -0.1) is 0 Å². The molecule has 0 bridgehead atoms. The first kappa shape index (κ1) is 14.6. The standard InChI is InChI=1S/C9H18N4S2.BrH/c1-11(2)8-10-9(15-14-8)13-6-4-12(3)5-7-13;/h8H,4-7H2,1-3H3;1H. The third-order valence-corrected chi connectivity index (χ3v) is 5.39. The fourth-order valence-corrected chi connectivity index (χ4v) is 4.32. The molecule has 1 unspecified atom stereocenters. The molecule has 2 saturated heterocycles. The Bertz CT molecular complexity index is 262. The molecule has 0 saturated carbocycles. The van der Waals surface area contributed by atoms with Crippen molar-refractivity contribution in [3.63, 3.8) is 0 Å². The lowest BCUT2D eigenvalue weighted by Crippen LogP contribution is -3.00. The van der Waals surface area contributed by atoms with Gasteiger partial charge in [-0.3, -0.25) is 14.4 Å². The maximum atomic E-state index is 3.55. The second-order valence-corrected chi connectivity index (χ2v) is 6.51. The van der Waals surface area contributed by atoms with Gasteiger partial charge in [-0.2, -0.15) is 0 Å². The van der Waals surface area contributed by atoms with Crippen LogP contribution in [-0.2, 0) is 0 Å². The smallest absolute Gasteiger partial charge is 0.319 e. The van der Waals surface area contributed by atoms with E-state index in [1.165, 1.54) is 18.3 Å². The fourth-order valence-electron chi connectivity index (χ4n) is 1.61. The Morgan fingerprint density at radius 1 is 1.38 bits per heavy atom. The van der Waals surface area contributed by atoms with Crippen LogP contribution in [-0.4, -0.2) is 72.4 Å². The number of nitrogens with one attached hydrogen (secondary N) is 1. The Morgan fingerprint density at radius 2 is 2.00 bits per heavy atom. The van der Waals surface area contributed by atoms with Crippen LogP contribution in [0.1, 0.15) is 0 Å². The Balaban J connectivity index is 0.00000128. The lowest BCUT2D eigenvalue weighted by atomic mass is 10.4. The molecule has 2 aliphatic heterocycles. The summed E-state index contributed by atoms with van der Waals surface area (Å²) >= 11 is 0. The topological polar surface area (TPSA) is 21.5 Å². The summed E-state index contributed by atoms with van der Waals surface area (Å²) in [4.78, 5) is 4.59. The Morgan fingerprint density at radius 3 is 2.50 bits per heavy atom. The SMILES string of the molecule is CN1CC[N+](=C2NC(N(C)C)SS2)CC1.[Br-]. The summed E-state index contributed by atoms with van der Waals surface area (Å²) in [5, 5.41) is 4.89. The summed E-state index contributed by atoms with van der Waals surface area (Å²) in [5.41, 5.74) is 0.421. The van der Waals surface area contributed by atoms with E-state index in [-0.39, 0.29) is 17.0 Å². The second-order valence-electron chi connectivity index (χ2n) is 4.24. The van der Waals surface area contributed by atoms with Crippen molar-refractivity contribution in [1.82, 2.24) is 15.1 Å². The van der Waals surface area contributed by atoms with Gasteiger partial charge in [0.15, 0.2) is 0 Å². The van der Waals surface area contributed by atoms with E-state index >= 15 is 0 Å². The normalized spacial score (nSPS) is 26.9. The third-order valence-electron chi connectivity index (χ3n) is 2.72. The highest BCUT2D eigenvalue weighted by Crippen LogP contribution is 2.33. The lowest BCUT2D eigenvalue weighted by Gasteiger charge is -2.23. The molecule has 4 nitrogen and oxygen atoms in total. The molecular weight excluding hydrogens is 308 g/mol. The van der Waals surface area contributed by atoms with Crippen LogP contribution >= 0.6 is 21.6 Å². The molecule has 2 rings (SSSR count). The van der Waals surface area contributed by atoms with Gasteiger partial charge in [0, 0.05) is 23.9 Å². The first-order valence-electron chi connectivity index (χ1n) is 5.23. The van der Waals surface area contributed by atoms with E-state index in [9.17, 15) is 0 Å². The van der Waals surface area contributed by atoms with Crippen molar-refractivity contribution in [3.05, 3.63) is 0 Å². The third kappa shape index (κ3) is 3.53. The predicted octanol–water partition coefficient (Wildman–Crippen LogP) is -2.87. The van der Waals surface area contributed by atoms with Crippen molar-refractivity contribution in [2.75, 3.05) is 47.3 Å². The van der Waals surface area contributed by atoms with Crippen LogP contribution in [0.3, 0.4) is 0 Å². The number of rotatable bonds is 1. The monoisotopic (exact) mass is 326 g/mol. The fraction of sp³-hybridized carbons (Fsp3) is 0.889. The molecule has 1 atom stereocenters. The van der Waals surface area contributed by atoms with Gasteiger partial charge in [-0.05, 0) is 31.9 Å². The molecule has 0 spiro atoms. The zero-order valence-corrected chi connectivity index (χ0v) is 13.2. The van der Waals surface area contributed by atoms with Crippen LogP contribution in [0.15, 0.2) is 0 Å². The van der Waals surface area contributed by atoms with E-state index in [2.05, 4.69) is 40.8 Å². The van der Waals surface area contributed by atoms with E-state index in [1.54, 1.807) is 0 Å². The number of likely N-dealkylation sites (N-methyl/N-ethyl adjacent to an activating group) is 1. The van der Waals surface area contributed by atoms with Crippen LogP contribution < -0.4 is 22.3 Å². The number of nitrogens with zero attached hydrogens (tertiary/aromatic N) is 3. The summed E-state index contributed by atoms with van der Waals surface area (Å²) < 4.78 is 2.46. The Kier molecular flexibility index (Phi) is 5.93. The van der Waals surface area contributed by atoms with Crippen LogP contribution in [0.25, 0.3) is 0 Å². The van der Waals surface area contributed by atoms with Gasteiger partial charge in [0.05, 0.1) is 13.1 Å². The summed E-state index contributed by atoms with van der Waals surface area (Å²) in [6, 6.07) is 0. The van der Waals surface area contributed by atoms with E-state index in [4.69, 9.17) is 0 Å². The van der Waals surface area contributed by atoms with Gasteiger partial charge in [0.25, 0.3) is 0 Å². The van der Waals surface area contributed by atoms with E-state index in [1.807, 2.05) is 21.6 Å². The number of hydrogen-bond acceptors (Lipinski definition) is 4. The molecule has 0 aromatic rings. The van der Waals surface area contributed by atoms with Gasteiger partial charge in [0.2, 0.25) is 5.50 Å². The van der Waals surface area contributed by atoms with Crippen LogP contribution in [0, 0.1) is 0 Å². The average molecular weight is 327 g/mol. The Labute approximate surface area is 116 Å². The van der Waals surface area contributed by atoms with E-state index in [0.717, 1.165) is 13.1 Å². The highest BCUT2D eigenvalue weighted by atomic mass is 79.9. The molecule has 94 valence electrons. The summed E-state index contributed by atoms with van der Waals surface area (Å²) in [7, 11) is 10.2. The maximum Gasteiger partial charge on any atom is 0.319 e. The molecule has 2 fully saturated rings. The molecule has 0 aromatic carbocycles. The van der Waals surface area contributed by atoms with Crippen molar-refractivity contribution < 1.29 is 21.6 Å². The summed E-state index contributed by atoms with van der Waals surface area (Å²) in [6.45, 7) is 4.63. The van der Waals surface area contributed by atoms with Gasteiger partial charge in [-0.25, -0.2) is 5.32 Å².